The second-order valence-electron chi connectivity index (χ2n) is 3.29. The fourth-order valence-corrected chi connectivity index (χ4v) is 1.01. The first kappa shape index (κ1) is 12.5. The quantitative estimate of drug-likeness (QED) is 0.583. The van der Waals surface area contributed by atoms with E-state index in [2.05, 4.69) is 10.5 Å². The van der Waals surface area contributed by atoms with Crippen LogP contribution < -0.4 is 10.7 Å². The maximum Gasteiger partial charge on any atom is 0.287 e. The van der Waals surface area contributed by atoms with Crippen LogP contribution in [0.1, 0.15) is 12.8 Å². The van der Waals surface area contributed by atoms with E-state index < -0.39 is 25.0 Å². The first-order valence-electron chi connectivity index (χ1n) is 4.57. The number of carbonyl (C=O) groups excluding carboxylic acids is 2. The number of rotatable bonds is 4. The van der Waals surface area contributed by atoms with Crippen molar-refractivity contribution in [2.75, 3.05) is 13.2 Å². The molecule has 0 bridgehead atoms. The molecular formula is C8H11F2N3O3. The zero-order valence-electron chi connectivity index (χ0n) is 8.30. The van der Waals surface area contributed by atoms with Crippen molar-refractivity contribution in [2.45, 2.75) is 18.8 Å². The van der Waals surface area contributed by atoms with Gasteiger partial charge < -0.3 is 10.4 Å². The Balaban J connectivity index is 2.44. The topological polar surface area (TPSA) is 90.8 Å². The number of nitrogens with zero attached hydrogens (tertiary/aromatic N) is 1. The predicted molar refractivity (Wildman–Crippen MR) is 49.9 cm³/mol. The van der Waals surface area contributed by atoms with E-state index in [-0.39, 0.29) is 24.5 Å². The van der Waals surface area contributed by atoms with Crippen molar-refractivity contribution < 1.29 is 23.5 Å². The SMILES string of the molecule is O=C1CCC(C(=O)NCC(F)(F)CO)=NN1. The summed E-state index contributed by atoms with van der Waals surface area (Å²) in [5.41, 5.74) is 2.07. The van der Waals surface area contributed by atoms with Crippen LogP contribution in [0.25, 0.3) is 0 Å². The molecule has 3 N–H and O–H groups in total. The van der Waals surface area contributed by atoms with Gasteiger partial charge in [-0.2, -0.15) is 5.10 Å². The van der Waals surface area contributed by atoms with Gasteiger partial charge in [0.1, 0.15) is 12.3 Å². The monoisotopic (exact) mass is 235 g/mol. The van der Waals surface area contributed by atoms with Gasteiger partial charge in [-0.25, -0.2) is 14.2 Å². The van der Waals surface area contributed by atoms with Crippen LogP contribution in [-0.4, -0.2) is 41.7 Å². The molecular weight excluding hydrogens is 224 g/mol. The zero-order valence-corrected chi connectivity index (χ0v) is 8.30. The van der Waals surface area contributed by atoms with Crippen LogP contribution in [0.5, 0.6) is 0 Å². The number of halogens is 2. The molecule has 0 aromatic heterocycles. The number of carbonyl (C=O) groups is 2. The molecule has 1 aliphatic rings. The third-order valence-corrected chi connectivity index (χ3v) is 1.91. The highest BCUT2D eigenvalue weighted by molar-refractivity contribution is 6.39. The van der Waals surface area contributed by atoms with Gasteiger partial charge in [-0.15, -0.1) is 0 Å². The number of nitrogens with one attached hydrogen (secondary N) is 2. The Morgan fingerprint density at radius 3 is 2.75 bits per heavy atom. The summed E-state index contributed by atoms with van der Waals surface area (Å²) in [6.07, 6.45) is 0.213. The molecule has 0 fully saturated rings. The molecule has 1 heterocycles. The lowest BCUT2D eigenvalue weighted by atomic mass is 10.1. The molecule has 0 spiro atoms. The zero-order chi connectivity index (χ0) is 12.2. The van der Waals surface area contributed by atoms with Crippen molar-refractivity contribution in [3.8, 4) is 0 Å². The Morgan fingerprint density at radius 1 is 1.56 bits per heavy atom. The van der Waals surface area contributed by atoms with Crippen molar-refractivity contribution in [3.63, 3.8) is 0 Å². The van der Waals surface area contributed by atoms with Crippen LogP contribution in [-0.2, 0) is 9.59 Å². The number of aliphatic hydroxyl groups excluding tert-OH is 1. The van der Waals surface area contributed by atoms with Gasteiger partial charge in [0.15, 0.2) is 0 Å². The lowest BCUT2D eigenvalue weighted by molar-refractivity contribution is -0.121. The Morgan fingerprint density at radius 2 is 2.25 bits per heavy atom. The molecule has 0 aromatic carbocycles. The molecule has 90 valence electrons. The average Bonchev–Trinajstić information content (AvgIpc) is 2.27. The Labute approximate surface area is 89.7 Å². The molecule has 0 radical (unpaired) electrons. The number of hydrazone groups is 1. The molecule has 16 heavy (non-hydrogen) atoms. The molecule has 6 nitrogen and oxygen atoms in total. The smallest absolute Gasteiger partial charge is 0.287 e. The van der Waals surface area contributed by atoms with Crippen LogP contribution in [0.2, 0.25) is 0 Å². The van der Waals surface area contributed by atoms with Crippen molar-refractivity contribution in [2.24, 2.45) is 5.10 Å². The van der Waals surface area contributed by atoms with Gasteiger partial charge in [0.05, 0.1) is 6.54 Å². The Hall–Kier alpha value is -1.57. The molecule has 2 amide bonds. The molecule has 0 saturated carbocycles. The minimum absolute atomic E-state index is 0.00617. The summed E-state index contributed by atoms with van der Waals surface area (Å²) >= 11 is 0. The largest absolute Gasteiger partial charge is 0.390 e. The van der Waals surface area contributed by atoms with E-state index in [1.165, 1.54) is 0 Å². The summed E-state index contributed by atoms with van der Waals surface area (Å²) in [6, 6.07) is 0. The van der Waals surface area contributed by atoms with E-state index in [1.807, 2.05) is 5.32 Å². The van der Waals surface area contributed by atoms with Crippen LogP contribution in [0, 0.1) is 0 Å². The number of alkyl halides is 2. The van der Waals surface area contributed by atoms with Crippen LogP contribution in [0.15, 0.2) is 5.10 Å². The molecule has 0 aliphatic carbocycles. The first-order valence-corrected chi connectivity index (χ1v) is 4.57. The normalized spacial score (nSPS) is 16.4. The maximum absolute atomic E-state index is 12.6. The van der Waals surface area contributed by atoms with Crippen molar-refractivity contribution >= 4 is 17.5 Å². The molecule has 0 saturated heterocycles. The number of amides is 2. The Bertz CT molecular complexity index is 330. The molecule has 1 rings (SSSR count). The van der Waals surface area contributed by atoms with Crippen molar-refractivity contribution in [3.05, 3.63) is 0 Å². The van der Waals surface area contributed by atoms with E-state index in [4.69, 9.17) is 5.11 Å². The van der Waals surface area contributed by atoms with Crippen LogP contribution in [0.3, 0.4) is 0 Å². The van der Waals surface area contributed by atoms with Gasteiger partial charge in [0.2, 0.25) is 5.91 Å². The number of aliphatic hydroxyl groups is 1. The maximum atomic E-state index is 12.6. The highest BCUT2D eigenvalue weighted by Crippen LogP contribution is 2.10. The molecule has 1 aliphatic heterocycles. The summed E-state index contributed by atoms with van der Waals surface area (Å²) in [6.45, 7) is -2.30. The second-order valence-corrected chi connectivity index (χ2v) is 3.29. The molecule has 0 atom stereocenters. The highest BCUT2D eigenvalue weighted by Gasteiger charge is 2.29. The third-order valence-electron chi connectivity index (χ3n) is 1.91. The summed E-state index contributed by atoms with van der Waals surface area (Å²) in [4.78, 5) is 22.0. The fourth-order valence-electron chi connectivity index (χ4n) is 1.01. The molecule has 8 heteroatoms. The van der Waals surface area contributed by atoms with Crippen LogP contribution >= 0.6 is 0 Å². The Kier molecular flexibility index (Phi) is 3.88. The molecule has 0 unspecified atom stereocenters. The first-order chi connectivity index (χ1) is 7.44. The lowest BCUT2D eigenvalue weighted by Crippen LogP contribution is -2.43. The summed E-state index contributed by atoms with van der Waals surface area (Å²) in [7, 11) is 0. The predicted octanol–water partition coefficient (Wildman–Crippen LogP) is -1.00. The summed E-state index contributed by atoms with van der Waals surface area (Å²) < 4.78 is 25.1. The summed E-state index contributed by atoms with van der Waals surface area (Å²) in [5.74, 6) is -4.45. The minimum Gasteiger partial charge on any atom is -0.390 e. The van der Waals surface area contributed by atoms with Gasteiger partial charge in [0.25, 0.3) is 11.8 Å². The fraction of sp³-hybridized carbons (Fsp3) is 0.625. The van der Waals surface area contributed by atoms with E-state index in [0.717, 1.165) is 0 Å². The van der Waals surface area contributed by atoms with E-state index >= 15 is 0 Å². The van der Waals surface area contributed by atoms with Crippen molar-refractivity contribution in [1.82, 2.24) is 10.7 Å². The average molecular weight is 235 g/mol. The van der Waals surface area contributed by atoms with E-state index in [0.29, 0.717) is 0 Å². The van der Waals surface area contributed by atoms with E-state index in [1.54, 1.807) is 0 Å². The third kappa shape index (κ3) is 3.54. The minimum atomic E-state index is -3.35. The number of hydrogen-bond donors (Lipinski definition) is 3. The van der Waals surface area contributed by atoms with Crippen LogP contribution in [0.4, 0.5) is 8.78 Å². The van der Waals surface area contributed by atoms with Gasteiger partial charge >= 0.3 is 0 Å². The van der Waals surface area contributed by atoms with E-state index in [9.17, 15) is 18.4 Å². The van der Waals surface area contributed by atoms with Gasteiger partial charge in [0, 0.05) is 12.8 Å². The number of hydrogen-bond acceptors (Lipinski definition) is 4. The standard InChI is InChI=1S/C8H11F2N3O3/c9-8(10,4-14)3-11-7(16)5-1-2-6(15)13-12-5/h14H,1-4H2,(H,11,16)(H,13,15). The molecule has 0 aromatic rings. The van der Waals surface area contributed by atoms with Gasteiger partial charge in [-0.05, 0) is 0 Å². The van der Waals surface area contributed by atoms with Gasteiger partial charge in [-0.3, -0.25) is 9.59 Å². The highest BCUT2D eigenvalue weighted by atomic mass is 19.3. The lowest BCUT2D eigenvalue weighted by Gasteiger charge is -2.15. The van der Waals surface area contributed by atoms with Gasteiger partial charge in [-0.1, -0.05) is 0 Å². The second kappa shape index (κ2) is 4.97. The van der Waals surface area contributed by atoms with Crippen molar-refractivity contribution in [1.29, 1.82) is 0 Å². The summed E-state index contributed by atoms with van der Waals surface area (Å²) in [5, 5.41) is 13.6.